The van der Waals surface area contributed by atoms with Crippen molar-refractivity contribution in [3.8, 4) is 0 Å². The second-order valence-electron chi connectivity index (χ2n) is 3.37. The van der Waals surface area contributed by atoms with Gasteiger partial charge in [0.05, 0.1) is 16.9 Å². The van der Waals surface area contributed by atoms with Crippen LogP contribution >= 0.6 is 11.6 Å². The second-order valence-corrected chi connectivity index (χ2v) is 3.78. The van der Waals surface area contributed by atoms with Crippen LogP contribution in [0.15, 0.2) is 53.6 Å². The smallest absolute Gasteiger partial charge is 0.132 e. The Bertz CT molecular complexity index is 540. The number of nitrogens with zero attached hydrogens (tertiary/aromatic N) is 1. The summed E-state index contributed by atoms with van der Waals surface area (Å²) in [7, 11) is 0. The maximum absolute atomic E-state index is 13.2. The summed E-state index contributed by atoms with van der Waals surface area (Å²) in [5, 5.41) is 4.50. The van der Waals surface area contributed by atoms with E-state index >= 15 is 0 Å². The van der Waals surface area contributed by atoms with Gasteiger partial charge >= 0.3 is 0 Å². The third kappa shape index (κ3) is 3.04. The van der Waals surface area contributed by atoms with Crippen molar-refractivity contribution in [2.24, 2.45) is 5.10 Å². The van der Waals surface area contributed by atoms with Crippen LogP contribution in [0.5, 0.6) is 0 Å². The standard InChI is InChI=1S/C13H10ClFN2/c14-11-6-2-4-8-13(11)17-16-9-10-5-1-3-7-12(10)15/h1-9,17H. The van der Waals surface area contributed by atoms with Crippen LogP contribution in [0.4, 0.5) is 10.1 Å². The summed E-state index contributed by atoms with van der Waals surface area (Å²) >= 11 is 5.93. The highest BCUT2D eigenvalue weighted by Crippen LogP contribution is 2.20. The molecule has 0 atom stereocenters. The zero-order valence-electron chi connectivity index (χ0n) is 8.90. The van der Waals surface area contributed by atoms with E-state index in [-0.39, 0.29) is 5.82 Å². The van der Waals surface area contributed by atoms with Crippen molar-refractivity contribution in [2.75, 3.05) is 5.43 Å². The monoisotopic (exact) mass is 248 g/mol. The lowest BCUT2D eigenvalue weighted by Gasteiger charge is -2.01. The number of para-hydroxylation sites is 1. The molecule has 0 radical (unpaired) electrons. The van der Waals surface area contributed by atoms with Gasteiger partial charge in [0.1, 0.15) is 5.82 Å². The van der Waals surface area contributed by atoms with Crippen molar-refractivity contribution in [1.82, 2.24) is 0 Å². The first-order valence-corrected chi connectivity index (χ1v) is 5.43. The lowest BCUT2D eigenvalue weighted by atomic mass is 10.2. The molecule has 0 aliphatic heterocycles. The molecule has 2 nitrogen and oxygen atoms in total. The minimum absolute atomic E-state index is 0.308. The van der Waals surface area contributed by atoms with Gasteiger partial charge in [0.15, 0.2) is 0 Å². The number of anilines is 1. The molecule has 0 spiro atoms. The van der Waals surface area contributed by atoms with Gasteiger partial charge in [-0.15, -0.1) is 0 Å². The number of hydrazone groups is 1. The van der Waals surface area contributed by atoms with Crippen LogP contribution < -0.4 is 5.43 Å². The Balaban J connectivity index is 2.09. The van der Waals surface area contributed by atoms with Crippen LogP contribution in [-0.4, -0.2) is 6.21 Å². The van der Waals surface area contributed by atoms with E-state index in [1.54, 1.807) is 30.3 Å². The molecule has 2 aromatic carbocycles. The van der Waals surface area contributed by atoms with Crippen LogP contribution in [0.25, 0.3) is 0 Å². The lowest BCUT2D eigenvalue weighted by molar-refractivity contribution is 0.626. The van der Waals surface area contributed by atoms with E-state index in [0.717, 1.165) is 0 Å². The normalized spacial score (nSPS) is 10.7. The van der Waals surface area contributed by atoms with Crippen molar-refractivity contribution in [3.63, 3.8) is 0 Å². The van der Waals surface area contributed by atoms with Gasteiger partial charge in [-0.2, -0.15) is 5.10 Å². The molecular formula is C13H10ClFN2. The predicted octanol–water partition coefficient (Wildman–Crippen LogP) is 3.93. The first-order valence-electron chi connectivity index (χ1n) is 5.05. The van der Waals surface area contributed by atoms with Gasteiger partial charge in [-0.3, -0.25) is 5.43 Å². The van der Waals surface area contributed by atoms with Gasteiger partial charge in [-0.1, -0.05) is 41.9 Å². The molecule has 0 aliphatic rings. The molecule has 4 heteroatoms. The molecule has 17 heavy (non-hydrogen) atoms. The Kier molecular flexibility index (Phi) is 3.73. The molecular weight excluding hydrogens is 239 g/mol. The molecule has 0 aliphatic carbocycles. The molecule has 0 unspecified atom stereocenters. The maximum Gasteiger partial charge on any atom is 0.132 e. The molecule has 0 heterocycles. The second kappa shape index (κ2) is 5.46. The van der Waals surface area contributed by atoms with Crippen molar-refractivity contribution in [2.45, 2.75) is 0 Å². The average molecular weight is 249 g/mol. The summed E-state index contributed by atoms with van der Waals surface area (Å²) in [4.78, 5) is 0. The van der Waals surface area contributed by atoms with Crippen molar-refractivity contribution < 1.29 is 4.39 Å². The van der Waals surface area contributed by atoms with E-state index in [1.807, 2.05) is 12.1 Å². The summed E-state index contributed by atoms with van der Waals surface area (Å²) in [6, 6.07) is 13.6. The predicted molar refractivity (Wildman–Crippen MR) is 69.1 cm³/mol. The van der Waals surface area contributed by atoms with E-state index in [1.165, 1.54) is 12.3 Å². The highest BCUT2D eigenvalue weighted by atomic mass is 35.5. The SMILES string of the molecule is Fc1ccccc1C=NNc1ccccc1Cl. The Morgan fingerprint density at radius 3 is 2.53 bits per heavy atom. The topological polar surface area (TPSA) is 24.4 Å². The van der Waals surface area contributed by atoms with Crippen LogP contribution in [0, 0.1) is 5.82 Å². The Morgan fingerprint density at radius 1 is 1.06 bits per heavy atom. The molecule has 86 valence electrons. The number of rotatable bonds is 3. The fourth-order valence-corrected chi connectivity index (χ4v) is 1.48. The Labute approximate surface area is 104 Å². The molecule has 0 aromatic heterocycles. The molecule has 1 N–H and O–H groups in total. The van der Waals surface area contributed by atoms with E-state index in [2.05, 4.69) is 10.5 Å². The van der Waals surface area contributed by atoms with Crippen LogP contribution in [0.1, 0.15) is 5.56 Å². The van der Waals surface area contributed by atoms with Crippen LogP contribution in [-0.2, 0) is 0 Å². The van der Waals surface area contributed by atoms with Crippen molar-refractivity contribution >= 4 is 23.5 Å². The third-order valence-corrected chi connectivity index (χ3v) is 2.50. The molecule has 0 saturated heterocycles. The molecule has 2 aromatic rings. The number of hydrogen-bond donors (Lipinski definition) is 1. The Hall–Kier alpha value is -1.87. The summed E-state index contributed by atoms with van der Waals surface area (Å²) in [6.45, 7) is 0. The van der Waals surface area contributed by atoms with Crippen LogP contribution in [0.2, 0.25) is 5.02 Å². The number of halogens is 2. The molecule has 0 amide bonds. The van der Waals surface area contributed by atoms with Crippen LogP contribution in [0.3, 0.4) is 0 Å². The fourth-order valence-electron chi connectivity index (χ4n) is 1.30. The first-order chi connectivity index (χ1) is 8.27. The molecule has 0 bridgehead atoms. The summed E-state index contributed by atoms with van der Waals surface area (Å²) < 4.78 is 13.2. The molecule has 0 saturated carbocycles. The number of nitrogens with one attached hydrogen (secondary N) is 1. The minimum atomic E-state index is -0.308. The van der Waals surface area contributed by atoms with Gasteiger partial charge in [0, 0.05) is 5.56 Å². The summed E-state index contributed by atoms with van der Waals surface area (Å²) in [5.41, 5.74) is 3.86. The van der Waals surface area contributed by atoms with Gasteiger partial charge in [0.2, 0.25) is 0 Å². The van der Waals surface area contributed by atoms with Gasteiger partial charge < -0.3 is 0 Å². The Morgan fingerprint density at radius 2 is 1.76 bits per heavy atom. The van der Waals surface area contributed by atoms with Gasteiger partial charge in [0.25, 0.3) is 0 Å². The van der Waals surface area contributed by atoms with E-state index in [0.29, 0.717) is 16.3 Å². The largest absolute Gasteiger partial charge is 0.277 e. The number of benzene rings is 2. The molecule has 0 fully saturated rings. The summed E-state index contributed by atoms with van der Waals surface area (Å²) in [6.07, 6.45) is 1.42. The zero-order valence-corrected chi connectivity index (χ0v) is 9.66. The van der Waals surface area contributed by atoms with Gasteiger partial charge in [-0.05, 0) is 18.2 Å². The quantitative estimate of drug-likeness (QED) is 0.646. The van der Waals surface area contributed by atoms with Gasteiger partial charge in [-0.25, -0.2) is 4.39 Å². The van der Waals surface area contributed by atoms with E-state index in [4.69, 9.17) is 11.6 Å². The van der Waals surface area contributed by atoms with Crippen molar-refractivity contribution in [1.29, 1.82) is 0 Å². The lowest BCUT2D eigenvalue weighted by Crippen LogP contribution is -1.93. The summed E-state index contributed by atoms with van der Waals surface area (Å²) in [5.74, 6) is -0.308. The van der Waals surface area contributed by atoms with E-state index < -0.39 is 0 Å². The average Bonchev–Trinajstić information content (AvgIpc) is 2.34. The third-order valence-electron chi connectivity index (χ3n) is 2.17. The van der Waals surface area contributed by atoms with Crippen molar-refractivity contribution in [3.05, 3.63) is 64.9 Å². The molecule has 2 rings (SSSR count). The first kappa shape index (κ1) is 11.6. The minimum Gasteiger partial charge on any atom is -0.277 e. The fraction of sp³-hybridized carbons (Fsp3) is 0. The zero-order chi connectivity index (χ0) is 12.1. The van der Waals surface area contributed by atoms with E-state index in [9.17, 15) is 4.39 Å². The number of hydrogen-bond acceptors (Lipinski definition) is 2. The highest BCUT2D eigenvalue weighted by molar-refractivity contribution is 6.33. The maximum atomic E-state index is 13.2. The highest BCUT2D eigenvalue weighted by Gasteiger charge is 1.97.